The van der Waals surface area contributed by atoms with Gasteiger partial charge in [0.2, 0.25) is 0 Å². The zero-order valence-corrected chi connectivity index (χ0v) is 11.0. The van der Waals surface area contributed by atoms with Gasteiger partial charge in [-0.25, -0.2) is 0 Å². The summed E-state index contributed by atoms with van der Waals surface area (Å²) in [7, 11) is 0. The molecule has 0 bridgehead atoms. The monoisotopic (exact) mass is 261 g/mol. The third-order valence-corrected chi connectivity index (χ3v) is 3.16. The summed E-state index contributed by atoms with van der Waals surface area (Å²) in [5.41, 5.74) is 4.37. The van der Waals surface area contributed by atoms with Crippen molar-refractivity contribution >= 4 is 17.3 Å². The van der Waals surface area contributed by atoms with Crippen molar-refractivity contribution in [3.63, 3.8) is 0 Å². The molecule has 0 aliphatic carbocycles. The van der Waals surface area contributed by atoms with Crippen LogP contribution < -0.4 is 5.32 Å². The first-order chi connectivity index (χ1) is 8.69. The molecule has 2 aromatic carbocycles. The molecule has 2 N–H and O–H groups in total. The maximum absolute atomic E-state index is 8.97. The van der Waals surface area contributed by atoms with E-state index in [-0.39, 0.29) is 6.61 Å². The van der Waals surface area contributed by atoms with Gasteiger partial charge in [0.1, 0.15) is 0 Å². The number of hydrogen-bond acceptors (Lipinski definition) is 2. The van der Waals surface area contributed by atoms with E-state index in [9.17, 15) is 0 Å². The van der Waals surface area contributed by atoms with E-state index in [0.29, 0.717) is 0 Å². The van der Waals surface area contributed by atoms with Gasteiger partial charge in [-0.2, -0.15) is 0 Å². The molecule has 0 aliphatic rings. The Morgan fingerprint density at radius 3 is 2.44 bits per heavy atom. The second-order valence-corrected chi connectivity index (χ2v) is 4.72. The summed E-state index contributed by atoms with van der Waals surface area (Å²) in [4.78, 5) is 0. The Balaban J connectivity index is 2.02. The fraction of sp³-hybridized carbons (Fsp3) is 0.200. The fourth-order valence-electron chi connectivity index (χ4n) is 1.78. The highest BCUT2D eigenvalue weighted by Crippen LogP contribution is 2.17. The largest absolute Gasteiger partial charge is 0.392 e. The summed E-state index contributed by atoms with van der Waals surface area (Å²) in [5.74, 6) is 0. The van der Waals surface area contributed by atoms with E-state index in [4.69, 9.17) is 16.7 Å². The molecule has 0 unspecified atom stereocenters. The lowest BCUT2D eigenvalue weighted by Gasteiger charge is -2.09. The number of anilines is 1. The van der Waals surface area contributed by atoms with Gasteiger partial charge >= 0.3 is 0 Å². The van der Waals surface area contributed by atoms with E-state index in [0.717, 1.165) is 22.8 Å². The first kappa shape index (κ1) is 12.9. The lowest BCUT2D eigenvalue weighted by atomic mass is 10.1. The van der Waals surface area contributed by atoms with Gasteiger partial charge in [-0.1, -0.05) is 29.8 Å². The third-order valence-electron chi connectivity index (χ3n) is 2.92. The molecule has 0 aliphatic heterocycles. The van der Waals surface area contributed by atoms with Crippen LogP contribution in [-0.2, 0) is 13.2 Å². The molecule has 0 amide bonds. The first-order valence-electron chi connectivity index (χ1n) is 5.88. The van der Waals surface area contributed by atoms with Gasteiger partial charge in [0.15, 0.2) is 0 Å². The Kier molecular flexibility index (Phi) is 4.24. The highest BCUT2D eigenvalue weighted by Gasteiger charge is 1.99. The van der Waals surface area contributed by atoms with Gasteiger partial charge < -0.3 is 10.4 Å². The summed E-state index contributed by atoms with van der Waals surface area (Å²) in [6.45, 7) is 2.90. The van der Waals surface area contributed by atoms with Crippen molar-refractivity contribution in [2.45, 2.75) is 20.1 Å². The third kappa shape index (κ3) is 3.25. The minimum absolute atomic E-state index is 0.0799. The summed E-state index contributed by atoms with van der Waals surface area (Å²) in [5, 5.41) is 13.1. The van der Waals surface area contributed by atoms with Gasteiger partial charge in [-0.05, 0) is 47.9 Å². The predicted octanol–water partition coefficient (Wildman–Crippen LogP) is 3.75. The van der Waals surface area contributed by atoms with Crippen molar-refractivity contribution in [2.75, 3.05) is 5.32 Å². The Hall–Kier alpha value is -1.51. The molecule has 0 fully saturated rings. The number of benzene rings is 2. The number of rotatable bonds is 4. The number of hydrogen-bond donors (Lipinski definition) is 2. The molecule has 0 heterocycles. The Morgan fingerprint density at radius 1 is 1.11 bits per heavy atom. The molecule has 18 heavy (non-hydrogen) atoms. The van der Waals surface area contributed by atoms with E-state index in [1.807, 2.05) is 42.5 Å². The van der Waals surface area contributed by atoms with Crippen LogP contribution in [0.2, 0.25) is 5.02 Å². The normalized spacial score (nSPS) is 10.4. The van der Waals surface area contributed by atoms with E-state index in [2.05, 4.69) is 12.2 Å². The zero-order valence-electron chi connectivity index (χ0n) is 10.3. The summed E-state index contributed by atoms with van der Waals surface area (Å²) < 4.78 is 0. The van der Waals surface area contributed by atoms with Crippen molar-refractivity contribution in [2.24, 2.45) is 0 Å². The van der Waals surface area contributed by atoms with Crippen LogP contribution >= 0.6 is 11.6 Å². The molecule has 3 heteroatoms. The Bertz CT molecular complexity index is 523. The fourth-order valence-corrected chi connectivity index (χ4v) is 2.01. The van der Waals surface area contributed by atoms with Crippen molar-refractivity contribution in [1.29, 1.82) is 0 Å². The number of nitrogens with one attached hydrogen (secondary N) is 1. The summed E-state index contributed by atoms with van der Waals surface area (Å²) >= 11 is 5.92. The molecule has 0 aromatic heterocycles. The minimum Gasteiger partial charge on any atom is -0.392 e. The lowest BCUT2D eigenvalue weighted by Crippen LogP contribution is -2.01. The maximum Gasteiger partial charge on any atom is 0.0681 e. The molecule has 2 aromatic rings. The topological polar surface area (TPSA) is 32.3 Å². The van der Waals surface area contributed by atoms with Crippen LogP contribution in [0.1, 0.15) is 16.7 Å². The SMILES string of the molecule is Cc1cc(Cl)ccc1CNc1ccc(CO)cc1. The van der Waals surface area contributed by atoms with Crippen LogP contribution in [0.4, 0.5) is 5.69 Å². The highest BCUT2D eigenvalue weighted by atomic mass is 35.5. The van der Waals surface area contributed by atoms with E-state index >= 15 is 0 Å². The average molecular weight is 262 g/mol. The summed E-state index contributed by atoms with van der Waals surface area (Å²) in [6.07, 6.45) is 0. The molecule has 2 nitrogen and oxygen atoms in total. The number of aliphatic hydroxyl groups is 1. The highest BCUT2D eigenvalue weighted by molar-refractivity contribution is 6.30. The average Bonchev–Trinajstić information content (AvgIpc) is 2.38. The molecular formula is C15H16ClNO. The van der Waals surface area contributed by atoms with Crippen LogP contribution in [0.15, 0.2) is 42.5 Å². The predicted molar refractivity (Wildman–Crippen MR) is 75.9 cm³/mol. The van der Waals surface area contributed by atoms with Crippen molar-refractivity contribution in [3.05, 3.63) is 64.2 Å². The molecule has 0 radical (unpaired) electrons. The molecule has 0 saturated carbocycles. The molecule has 2 rings (SSSR count). The second kappa shape index (κ2) is 5.89. The first-order valence-corrected chi connectivity index (χ1v) is 6.25. The van der Waals surface area contributed by atoms with Gasteiger partial charge in [-0.3, -0.25) is 0 Å². The smallest absolute Gasteiger partial charge is 0.0681 e. The zero-order chi connectivity index (χ0) is 13.0. The number of aryl methyl sites for hydroxylation is 1. The maximum atomic E-state index is 8.97. The van der Waals surface area contributed by atoms with Crippen molar-refractivity contribution in [1.82, 2.24) is 0 Å². The van der Waals surface area contributed by atoms with Gasteiger partial charge in [0.25, 0.3) is 0 Å². The van der Waals surface area contributed by atoms with Crippen LogP contribution in [0, 0.1) is 6.92 Å². The minimum atomic E-state index is 0.0799. The lowest BCUT2D eigenvalue weighted by molar-refractivity contribution is 0.282. The van der Waals surface area contributed by atoms with Gasteiger partial charge in [-0.15, -0.1) is 0 Å². The van der Waals surface area contributed by atoms with E-state index < -0.39 is 0 Å². The number of halogens is 1. The van der Waals surface area contributed by atoms with Crippen LogP contribution in [0.5, 0.6) is 0 Å². The summed E-state index contributed by atoms with van der Waals surface area (Å²) in [6, 6.07) is 13.7. The molecule has 94 valence electrons. The Morgan fingerprint density at radius 2 is 1.83 bits per heavy atom. The second-order valence-electron chi connectivity index (χ2n) is 4.28. The van der Waals surface area contributed by atoms with Gasteiger partial charge in [0.05, 0.1) is 6.61 Å². The van der Waals surface area contributed by atoms with Crippen LogP contribution in [-0.4, -0.2) is 5.11 Å². The van der Waals surface area contributed by atoms with Crippen LogP contribution in [0.25, 0.3) is 0 Å². The van der Waals surface area contributed by atoms with Crippen molar-refractivity contribution < 1.29 is 5.11 Å². The Labute approximate surface area is 112 Å². The van der Waals surface area contributed by atoms with Crippen molar-refractivity contribution in [3.8, 4) is 0 Å². The molecule has 0 atom stereocenters. The van der Waals surface area contributed by atoms with E-state index in [1.165, 1.54) is 11.1 Å². The van der Waals surface area contributed by atoms with Gasteiger partial charge in [0, 0.05) is 17.3 Å². The van der Waals surface area contributed by atoms with E-state index in [1.54, 1.807) is 0 Å². The quantitative estimate of drug-likeness (QED) is 0.879. The number of aliphatic hydroxyl groups excluding tert-OH is 1. The van der Waals surface area contributed by atoms with Crippen LogP contribution in [0.3, 0.4) is 0 Å². The standard InChI is InChI=1S/C15H16ClNO/c1-11-8-14(16)5-4-13(11)9-17-15-6-2-12(10-18)3-7-15/h2-8,17-18H,9-10H2,1H3. The molecule has 0 spiro atoms. The molecule has 0 saturated heterocycles. The molecular weight excluding hydrogens is 246 g/mol.